The molecule has 2 aromatic carbocycles. The van der Waals surface area contributed by atoms with Gasteiger partial charge in [0, 0.05) is 12.3 Å². The van der Waals surface area contributed by atoms with Crippen LogP contribution in [0.25, 0.3) is 0 Å². The van der Waals surface area contributed by atoms with Gasteiger partial charge in [-0.1, -0.05) is 69.5 Å². The van der Waals surface area contributed by atoms with Crippen molar-refractivity contribution in [2.45, 2.75) is 70.9 Å². The van der Waals surface area contributed by atoms with E-state index in [1.807, 2.05) is 13.8 Å². The van der Waals surface area contributed by atoms with Crippen LogP contribution in [0.5, 0.6) is 0 Å². The van der Waals surface area contributed by atoms with Crippen LogP contribution in [0.15, 0.2) is 60.7 Å². The predicted molar refractivity (Wildman–Crippen MR) is 122 cm³/mol. The van der Waals surface area contributed by atoms with E-state index in [1.54, 1.807) is 60.7 Å². The molecule has 0 bridgehead atoms. The Hall–Kier alpha value is -2.70. The van der Waals surface area contributed by atoms with Crippen LogP contribution in [0.2, 0.25) is 0 Å². The maximum Gasteiger partial charge on any atom is 0.341 e. The summed E-state index contributed by atoms with van der Waals surface area (Å²) in [5.41, 5.74) is 0.632. The number of unbranched alkanes of at least 4 members (excludes halogenated alkanes) is 1. The second-order valence-electron chi connectivity index (χ2n) is 7.94. The summed E-state index contributed by atoms with van der Waals surface area (Å²) >= 11 is 0. The lowest BCUT2D eigenvalue weighted by Gasteiger charge is -2.30. The lowest BCUT2D eigenvalue weighted by atomic mass is 9.86. The molecule has 0 aliphatic rings. The van der Waals surface area contributed by atoms with Gasteiger partial charge < -0.3 is 19.7 Å². The van der Waals surface area contributed by atoms with Gasteiger partial charge in [0.25, 0.3) is 6.29 Å². The number of aliphatic hydroxyl groups is 2. The lowest BCUT2D eigenvalue weighted by Crippen LogP contribution is -2.37. The summed E-state index contributed by atoms with van der Waals surface area (Å²) in [4.78, 5) is 25.2. The number of carbonyl (C=O) groups excluding carboxylic acids is 2. The highest BCUT2D eigenvalue weighted by atomic mass is 16.7. The van der Waals surface area contributed by atoms with E-state index in [1.165, 1.54) is 0 Å². The molecule has 0 fully saturated rings. The minimum atomic E-state index is -1.29. The molecule has 0 amide bonds. The molecule has 2 rings (SSSR count). The molecule has 0 aliphatic heterocycles. The largest absolute Gasteiger partial charge is 0.421 e. The van der Waals surface area contributed by atoms with Crippen LogP contribution in [0, 0.1) is 5.92 Å². The normalized spacial score (nSPS) is 13.9. The lowest BCUT2D eigenvalue weighted by molar-refractivity contribution is -0.110. The Balaban J connectivity index is 2.17. The van der Waals surface area contributed by atoms with E-state index in [4.69, 9.17) is 9.47 Å². The van der Waals surface area contributed by atoms with Crippen molar-refractivity contribution in [1.82, 2.24) is 0 Å². The molecule has 3 unspecified atom stereocenters. The second-order valence-corrected chi connectivity index (χ2v) is 7.94. The molecule has 174 valence electrons. The molecule has 32 heavy (non-hydrogen) atoms. The zero-order valence-corrected chi connectivity index (χ0v) is 18.9. The van der Waals surface area contributed by atoms with Gasteiger partial charge in [-0.2, -0.15) is 0 Å². The number of hydrogen-bond acceptors (Lipinski definition) is 6. The van der Waals surface area contributed by atoms with Crippen molar-refractivity contribution in [3.63, 3.8) is 0 Å². The highest BCUT2D eigenvalue weighted by Gasteiger charge is 2.31. The minimum Gasteiger partial charge on any atom is -0.421 e. The van der Waals surface area contributed by atoms with Gasteiger partial charge in [0.2, 0.25) is 0 Å². The first-order chi connectivity index (χ1) is 15.5. The molecule has 6 heteroatoms. The Morgan fingerprint density at radius 2 is 1.25 bits per heavy atom. The van der Waals surface area contributed by atoms with Gasteiger partial charge in [-0.05, 0) is 37.1 Å². The van der Waals surface area contributed by atoms with Crippen molar-refractivity contribution in [2.24, 2.45) is 5.92 Å². The summed E-state index contributed by atoms with van der Waals surface area (Å²) in [7, 11) is 0. The Labute approximate surface area is 190 Å². The third kappa shape index (κ3) is 8.09. The van der Waals surface area contributed by atoms with Crippen molar-refractivity contribution < 1.29 is 29.3 Å². The maximum atomic E-state index is 12.6. The highest BCUT2D eigenvalue weighted by Crippen LogP contribution is 2.25. The zero-order chi connectivity index (χ0) is 23.3. The van der Waals surface area contributed by atoms with Crippen molar-refractivity contribution in [2.75, 3.05) is 0 Å². The van der Waals surface area contributed by atoms with Gasteiger partial charge in [0.15, 0.2) is 0 Å². The van der Waals surface area contributed by atoms with E-state index in [0.717, 1.165) is 19.3 Å². The maximum absolute atomic E-state index is 12.6. The number of aliphatic hydroxyl groups excluding tert-OH is 2. The average Bonchev–Trinajstić information content (AvgIpc) is 2.80. The fourth-order valence-corrected chi connectivity index (χ4v) is 3.61. The first kappa shape index (κ1) is 25.6. The van der Waals surface area contributed by atoms with E-state index >= 15 is 0 Å². The SMILES string of the molecule is CCCCC(C(O)CCC)C(O)CC(OC(=O)c1ccccc1)OC(=O)c1ccccc1. The van der Waals surface area contributed by atoms with E-state index in [0.29, 0.717) is 24.0 Å². The summed E-state index contributed by atoms with van der Waals surface area (Å²) in [5, 5.41) is 21.5. The number of ether oxygens (including phenoxy) is 2. The number of carbonyl (C=O) groups is 2. The topological polar surface area (TPSA) is 93.1 Å². The fourth-order valence-electron chi connectivity index (χ4n) is 3.61. The molecular weight excluding hydrogens is 408 g/mol. The van der Waals surface area contributed by atoms with E-state index in [9.17, 15) is 19.8 Å². The van der Waals surface area contributed by atoms with E-state index in [-0.39, 0.29) is 6.42 Å². The van der Waals surface area contributed by atoms with Crippen LogP contribution in [0.1, 0.15) is 73.1 Å². The van der Waals surface area contributed by atoms with E-state index < -0.39 is 36.4 Å². The van der Waals surface area contributed by atoms with Crippen LogP contribution in [0.4, 0.5) is 0 Å². The molecule has 2 aromatic rings. The summed E-state index contributed by atoms with van der Waals surface area (Å²) in [5.74, 6) is -1.70. The third-order valence-corrected chi connectivity index (χ3v) is 5.39. The average molecular weight is 443 g/mol. The molecule has 0 aromatic heterocycles. The molecule has 0 saturated heterocycles. The van der Waals surface area contributed by atoms with Gasteiger partial charge in [-0.3, -0.25) is 0 Å². The Morgan fingerprint density at radius 3 is 1.69 bits per heavy atom. The first-order valence-electron chi connectivity index (χ1n) is 11.3. The van der Waals surface area contributed by atoms with Crippen LogP contribution in [-0.2, 0) is 9.47 Å². The van der Waals surface area contributed by atoms with Gasteiger partial charge in [0.05, 0.1) is 23.3 Å². The predicted octanol–water partition coefficient (Wildman–Crippen LogP) is 4.74. The summed E-state index contributed by atoms with van der Waals surface area (Å²) in [6.45, 7) is 4.01. The van der Waals surface area contributed by atoms with Crippen LogP contribution >= 0.6 is 0 Å². The third-order valence-electron chi connectivity index (χ3n) is 5.39. The molecule has 0 aliphatic carbocycles. The molecule has 6 nitrogen and oxygen atoms in total. The van der Waals surface area contributed by atoms with Crippen LogP contribution in [-0.4, -0.2) is 40.6 Å². The smallest absolute Gasteiger partial charge is 0.341 e. The number of rotatable bonds is 13. The van der Waals surface area contributed by atoms with Crippen molar-refractivity contribution in [3.05, 3.63) is 71.8 Å². The second kappa shape index (κ2) is 13.7. The first-order valence-corrected chi connectivity index (χ1v) is 11.3. The van der Waals surface area contributed by atoms with Crippen molar-refractivity contribution in [1.29, 1.82) is 0 Å². The van der Waals surface area contributed by atoms with Gasteiger partial charge >= 0.3 is 11.9 Å². The summed E-state index contributed by atoms with van der Waals surface area (Å²) in [6.07, 6.45) is 0.658. The van der Waals surface area contributed by atoms with Crippen molar-refractivity contribution in [3.8, 4) is 0 Å². The molecule has 2 N–H and O–H groups in total. The number of hydrogen-bond donors (Lipinski definition) is 2. The standard InChI is InChI=1S/C26H34O6/c1-3-5-17-21(22(27)12-4-2)23(28)18-24(31-25(29)19-13-8-6-9-14-19)32-26(30)20-15-10-7-11-16-20/h6-11,13-16,21-24,27-28H,3-5,12,17-18H2,1-2H3. The number of esters is 2. The molecule has 3 atom stereocenters. The molecule has 0 radical (unpaired) electrons. The molecular formula is C26H34O6. The monoisotopic (exact) mass is 442 g/mol. The van der Waals surface area contributed by atoms with Gasteiger partial charge in [-0.25, -0.2) is 9.59 Å². The van der Waals surface area contributed by atoms with E-state index in [2.05, 4.69) is 0 Å². The van der Waals surface area contributed by atoms with Crippen molar-refractivity contribution >= 4 is 11.9 Å². The summed E-state index contributed by atoms with van der Waals surface area (Å²) in [6, 6.07) is 16.8. The van der Waals surface area contributed by atoms with Crippen LogP contribution in [0.3, 0.4) is 0 Å². The molecule has 0 spiro atoms. The summed E-state index contributed by atoms with van der Waals surface area (Å²) < 4.78 is 10.9. The number of benzene rings is 2. The Kier molecular flexibility index (Phi) is 10.9. The molecule has 0 saturated carbocycles. The highest BCUT2D eigenvalue weighted by molar-refractivity contribution is 5.91. The van der Waals surface area contributed by atoms with Crippen LogP contribution < -0.4 is 0 Å². The minimum absolute atomic E-state index is 0.119. The Morgan fingerprint density at radius 1 is 0.750 bits per heavy atom. The van der Waals surface area contributed by atoms with Gasteiger partial charge in [-0.15, -0.1) is 0 Å². The zero-order valence-electron chi connectivity index (χ0n) is 18.9. The molecule has 0 heterocycles. The quantitative estimate of drug-likeness (QED) is 0.344. The Bertz CT molecular complexity index is 754. The fraction of sp³-hybridized carbons (Fsp3) is 0.462. The van der Waals surface area contributed by atoms with Gasteiger partial charge in [0.1, 0.15) is 0 Å².